The Kier molecular flexibility index (Phi) is 3.45. The van der Waals surface area contributed by atoms with E-state index in [1.165, 1.54) is 6.33 Å². The maximum atomic E-state index is 11.8. The maximum absolute atomic E-state index is 11.8. The van der Waals surface area contributed by atoms with Crippen LogP contribution in [0.4, 0.5) is 0 Å². The fourth-order valence-electron chi connectivity index (χ4n) is 1.39. The summed E-state index contributed by atoms with van der Waals surface area (Å²) in [5.74, 6) is -0.345. The smallest absolute Gasteiger partial charge is 0.338 e. The lowest BCUT2D eigenvalue weighted by atomic mass is 10.2. The second-order valence-electron chi connectivity index (χ2n) is 3.59. The maximum Gasteiger partial charge on any atom is 0.338 e. The van der Waals surface area contributed by atoms with Crippen molar-refractivity contribution in [2.75, 3.05) is 0 Å². The van der Waals surface area contributed by atoms with Crippen LogP contribution in [0.2, 0.25) is 0 Å². The second kappa shape index (κ2) is 5.21. The first-order valence-corrected chi connectivity index (χ1v) is 5.28. The lowest BCUT2D eigenvalue weighted by Gasteiger charge is -2.12. The van der Waals surface area contributed by atoms with Crippen LogP contribution in [0.15, 0.2) is 49.1 Å². The Labute approximate surface area is 99.3 Å². The summed E-state index contributed by atoms with van der Waals surface area (Å²) in [6.45, 7) is 1.79. The molecule has 1 unspecified atom stereocenters. The van der Waals surface area contributed by atoms with Crippen molar-refractivity contribution >= 4 is 5.97 Å². The van der Waals surface area contributed by atoms with E-state index in [9.17, 15) is 4.79 Å². The van der Waals surface area contributed by atoms with E-state index in [0.29, 0.717) is 5.56 Å². The zero-order valence-corrected chi connectivity index (χ0v) is 9.41. The van der Waals surface area contributed by atoms with E-state index in [0.717, 1.165) is 5.56 Å². The van der Waals surface area contributed by atoms with E-state index >= 15 is 0 Å². The molecule has 0 bridgehead atoms. The third-order valence-corrected chi connectivity index (χ3v) is 2.34. The molecule has 1 atom stereocenters. The number of carbonyl (C=O) groups excluding carboxylic acids is 1. The molecule has 17 heavy (non-hydrogen) atoms. The van der Waals surface area contributed by atoms with E-state index in [1.54, 1.807) is 43.6 Å². The van der Waals surface area contributed by atoms with Gasteiger partial charge in [-0.25, -0.2) is 14.8 Å². The van der Waals surface area contributed by atoms with Crippen molar-refractivity contribution in [3.63, 3.8) is 0 Å². The highest BCUT2D eigenvalue weighted by molar-refractivity contribution is 5.89. The van der Waals surface area contributed by atoms with Gasteiger partial charge in [-0.2, -0.15) is 0 Å². The van der Waals surface area contributed by atoms with E-state index in [2.05, 4.69) is 9.97 Å². The third kappa shape index (κ3) is 2.87. The fourth-order valence-corrected chi connectivity index (χ4v) is 1.39. The Morgan fingerprint density at radius 3 is 2.47 bits per heavy atom. The second-order valence-corrected chi connectivity index (χ2v) is 3.59. The first-order chi connectivity index (χ1) is 8.27. The number of hydrogen-bond donors (Lipinski definition) is 0. The monoisotopic (exact) mass is 228 g/mol. The lowest BCUT2D eigenvalue weighted by Crippen LogP contribution is -2.09. The fraction of sp³-hybridized carbons (Fsp3) is 0.154. The van der Waals surface area contributed by atoms with Gasteiger partial charge in [0.05, 0.1) is 5.56 Å². The molecule has 0 radical (unpaired) electrons. The van der Waals surface area contributed by atoms with Crippen LogP contribution in [-0.2, 0) is 4.74 Å². The highest BCUT2D eigenvalue weighted by atomic mass is 16.5. The molecule has 4 heteroatoms. The van der Waals surface area contributed by atoms with Crippen LogP contribution in [-0.4, -0.2) is 15.9 Å². The van der Waals surface area contributed by atoms with Gasteiger partial charge in [0.2, 0.25) is 0 Å². The Hall–Kier alpha value is -2.23. The minimum Gasteiger partial charge on any atom is -0.454 e. The minimum absolute atomic E-state index is 0.345. The molecule has 0 aliphatic carbocycles. The van der Waals surface area contributed by atoms with Crippen LogP contribution >= 0.6 is 0 Å². The summed E-state index contributed by atoms with van der Waals surface area (Å²) in [5.41, 5.74) is 1.31. The highest BCUT2D eigenvalue weighted by Gasteiger charge is 2.13. The quantitative estimate of drug-likeness (QED) is 0.757. The largest absolute Gasteiger partial charge is 0.454 e. The van der Waals surface area contributed by atoms with Gasteiger partial charge >= 0.3 is 5.97 Å². The molecular weight excluding hydrogens is 216 g/mol. The van der Waals surface area contributed by atoms with Crippen molar-refractivity contribution in [2.45, 2.75) is 13.0 Å². The standard InChI is InChI=1S/C13H12N2O2/c1-10(12-7-14-9-15-8-12)17-13(16)11-5-3-2-4-6-11/h2-10H,1H3. The Balaban J connectivity index is 2.05. The molecule has 86 valence electrons. The molecule has 0 amide bonds. The summed E-state index contributed by atoms with van der Waals surface area (Å²) >= 11 is 0. The van der Waals surface area contributed by atoms with Gasteiger partial charge in [0.15, 0.2) is 0 Å². The van der Waals surface area contributed by atoms with Gasteiger partial charge in [0.25, 0.3) is 0 Å². The van der Waals surface area contributed by atoms with Gasteiger partial charge in [-0.1, -0.05) is 18.2 Å². The van der Waals surface area contributed by atoms with E-state index in [4.69, 9.17) is 4.74 Å². The van der Waals surface area contributed by atoms with Gasteiger partial charge in [0, 0.05) is 18.0 Å². The number of rotatable bonds is 3. The molecule has 0 spiro atoms. The van der Waals surface area contributed by atoms with Crippen LogP contribution in [0.5, 0.6) is 0 Å². The summed E-state index contributed by atoms with van der Waals surface area (Å²) in [5, 5.41) is 0. The van der Waals surface area contributed by atoms with Gasteiger partial charge in [0.1, 0.15) is 12.4 Å². The minimum atomic E-state index is -0.357. The van der Waals surface area contributed by atoms with E-state index in [-0.39, 0.29) is 12.1 Å². The number of nitrogens with zero attached hydrogens (tertiary/aromatic N) is 2. The van der Waals surface area contributed by atoms with Crippen molar-refractivity contribution in [3.05, 3.63) is 60.2 Å². The van der Waals surface area contributed by atoms with Crippen molar-refractivity contribution in [1.29, 1.82) is 0 Å². The van der Waals surface area contributed by atoms with Gasteiger partial charge in [-0.15, -0.1) is 0 Å². The average Bonchev–Trinajstić information content (AvgIpc) is 2.40. The molecule has 4 nitrogen and oxygen atoms in total. The SMILES string of the molecule is CC(OC(=O)c1ccccc1)c1cncnc1. The zero-order chi connectivity index (χ0) is 12.1. The van der Waals surface area contributed by atoms with E-state index < -0.39 is 0 Å². The van der Waals surface area contributed by atoms with Crippen molar-refractivity contribution in [2.24, 2.45) is 0 Å². The molecule has 0 aliphatic rings. The first-order valence-electron chi connectivity index (χ1n) is 5.28. The van der Waals surface area contributed by atoms with Crippen LogP contribution < -0.4 is 0 Å². The topological polar surface area (TPSA) is 52.1 Å². The van der Waals surface area contributed by atoms with Crippen LogP contribution in [0.1, 0.15) is 28.9 Å². The summed E-state index contributed by atoms with van der Waals surface area (Å²) in [6, 6.07) is 8.89. The normalized spacial score (nSPS) is 11.8. The third-order valence-electron chi connectivity index (χ3n) is 2.34. The Morgan fingerprint density at radius 2 is 1.82 bits per heavy atom. The van der Waals surface area contributed by atoms with Crippen molar-refractivity contribution < 1.29 is 9.53 Å². The zero-order valence-electron chi connectivity index (χ0n) is 9.41. The number of aromatic nitrogens is 2. The summed E-state index contributed by atoms with van der Waals surface area (Å²) in [6.07, 6.45) is 4.35. The molecular formula is C13H12N2O2. The molecule has 2 aromatic rings. The highest BCUT2D eigenvalue weighted by Crippen LogP contribution is 2.16. The molecule has 0 N–H and O–H groups in total. The number of esters is 1. The molecule has 1 aromatic carbocycles. The summed E-state index contributed by atoms with van der Waals surface area (Å²) in [4.78, 5) is 19.5. The summed E-state index contributed by atoms with van der Waals surface area (Å²) in [7, 11) is 0. The number of benzene rings is 1. The van der Waals surface area contributed by atoms with Gasteiger partial charge in [-0.05, 0) is 19.1 Å². The Morgan fingerprint density at radius 1 is 1.18 bits per heavy atom. The average molecular weight is 228 g/mol. The van der Waals surface area contributed by atoms with Crippen LogP contribution in [0, 0.1) is 0 Å². The summed E-state index contributed by atoms with van der Waals surface area (Å²) < 4.78 is 5.30. The molecule has 0 saturated heterocycles. The number of carbonyl (C=O) groups is 1. The molecule has 0 aliphatic heterocycles. The predicted molar refractivity (Wildman–Crippen MR) is 62.3 cm³/mol. The van der Waals surface area contributed by atoms with Gasteiger partial charge < -0.3 is 4.74 Å². The van der Waals surface area contributed by atoms with E-state index in [1.807, 2.05) is 6.07 Å². The van der Waals surface area contributed by atoms with Crippen molar-refractivity contribution in [1.82, 2.24) is 9.97 Å². The molecule has 0 saturated carbocycles. The molecule has 2 rings (SSSR count). The first kappa shape index (κ1) is 11.3. The molecule has 1 aromatic heterocycles. The number of ether oxygens (including phenoxy) is 1. The lowest BCUT2D eigenvalue weighted by molar-refractivity contribution is 0.0336. The van der Waals surface area contributed by atoms with Crippen molar-refractivity contribution in [3.8, 4) is 0 Å². The number of hydrogen-bond acceptors (Lipinski definition) is 4. The molecule has 0 fully saturated rings. The van der Waals surface area contributed by atoms with Crippen LogP contribution in [0.3, 0.4) is 0 Å². The molecule has 1 heterocycles. The Bertz CT molecular complexity index is 485. The predicted octanol–water partition coefficient (Wildman–Crippen LogP) is 2.39. The van der Waals surface area contributed by atoms with Crippen LogP contribution in [0.25, 0.3) is 0 Å². The van der Waals surface area contributed by atoms with Gasteiger partial charge in [-0.3, -0.25) is 0 Å².